The number of carbonyl (C=O) groups is 1. The molecule has 0 unspecified atom stereocenters. The van der Waals surface area contributed by atoms with Crippen molar-refractivity contribution in [2.24, 2.45) is 0 Å². The van der Waals surface area contributed by atoms with Crippen molar-refractivity contribution < 1.29 is 4.79 Å². The fourth-order valence-electron chi connectivity index (χ4n) is 3.01. The standard InChI is InChI=1S/C19H23N3OS/c23-18(15-24-19-8-4-5-10-21-19)20-11-13-22-12-9-17(14-22)16-6-2-1-3-7-16/h1-8,10,17H,9,11-15H2,(H,20,23)/t17-/m0/s1. The highest BCUT2D eigenvalue weighted by molar-refractivity contribution is 7.99. The lowest BCUT2D eigenvalue weighted by Gasteiger charge is -2.16. The van der Waals surface area contributed by atoms with Crippen LogP contribution in [-0.2, 0) is 4.79 Å². The van der Waals surface area contributed by atoms with Gasteiger partial charge in [0.25, 0.3) is 0 Å². The Bertz CT molecular complexity index is 636. The summed E-state index contributed by atoms with van der Waals surface area (Å²) in [6, 6.07) is 16.4. The molecule has 1 saturated heterocycles. The number of pyridine rings is 1. The van der Waals surface area contributed by atoms with E-state index in [0.29, 0.717) is 18.2 Å². The van der Waals surface area contributed by atoms with Gasteiger partial charge in [-0.1, -0.05) is 48.2 Å². The van der Waals surface area contributed by atoms with E-state index < -0.39 is 0 Å². The van der Waals surface area contributed by atoms with Crippen LogP contribution in [0.2, 0.25) is 0 Å². The Kier molecular flexibility index (Phi) is 6.26. The van der Waals surface area contributed by atoms with E-state index >= 15 is 0 Å². The predicted octanol–water partition coefficient (Wildman–Crippen LogP) is 2.78. The predicted molar refractivity (Wildman–Crippen MR) is 98.2 cm³/mol. The summed E-state index contributed by atoms with van der Waals surface area (Å²) in [5, 5.41) is 3.89. The number of nitrogens with zero attached hydrogens (tertiary/aromatic N) is 2. The molecule has 1 aliphatic heterocycles. The quantitative estimate of drug-likeness (QED) is 0.787. The molecule has 1 N–H and O–H groups in total. The van der Waals surface area contributed by atoms with Gasteiger partial charge < -0.3 is 10.2 Å². The summed E-state index contributed by atoms with van der Waals surface area (Å²) in [7, 11) is 0. The van der Waals surface area contributed by atoms with Crippen LogP contribution in [0.25, 0.3) is 0 Å². The van der Waals surface area contributed by atoms with E-state index in [1.165, 1.54) is 23.7 Å². The maximum Gasteiger partial charge on any atom is 0.230 e. The zero-order valence-electron chi connectivity index (χ0n) is 13.7. The first-order chi connectivity index (χ1) is 11.8. The minimum absolute atomic E-state index is 0.0736. The van der Waals surface area contributed by atoms with Gasteiger partial charge in [-0.05, 0) is 36.6 Å². The monoisotopic (exact) mass is 341 g/mol. The number of carbonyl (C=O) groups excluding carboxylic acids is 1. The van der Waals surface area contributed by atoms with Crippen molar-refractivity contribution in [1.29, 1.82) is 0 Å². The van der Waals surface area contributed by atoms with E-state index in [9.17, 15) is 4.79 Å². The maximum atomic E-state index is 11.9. The van der Waals surface area contributed by atoms with E-state index in [2.05, 4.69) is 45.5 Å². The molecule has 126 valence electrons. The second-order valence-electron chi connectivity index (χ2n) is 6.00. The maximum absolute atomic E-state index is 11.9. The van der Waals surface area contributed by atoms with Crippen LogP contribution < -0.4 is 5.32 Å². The van der Waals surface area contributed by atoms with Gasteiger partial charge >= 0.3 is 0 Å². The molecular weight excluding hydrogens is 318 g/mol. The van der Waals surface area contributed by atoms with Gasteiger partial charge in [-0.15, -0.1) is 0 Å². The average molecular weight is 341 g/mol. The topological polar surface area (TPSA) is 45.2 Å². The fraction of sp³-hybridized carbons (Fsp3) is 0.368. The van der Waals surface area contributed by atoms with Gasteiger partial charge in [0, 0.05) is 25.8 Å². The molecule has 3 rings (SSSR count). The highest BCUT2D eigenvalue weighted by atomic mass is 32.2. The van der Waals surface area contributed by atoms with Crippen molar-refractivity contribution in [3.05, 3.63) is 60.3 Å². The van der Waals surface area contributed by atoms with Gasteiger partial charge in [-0.25, -0.2) is 4.98 Å². The molecule has 24 heavy (non-hydrogen) atoms. The van der Waals surface area contributed by atoms with Crippen LogP contribution in [0.15, 0.2) is 59.8 Å². The Balaban J connectivity index is 1.33. The molecule has 4 nitrogen and oxygen atoms in total. The number of thioether (sulfide) groups is 1. The smallest absolute Gasteiger partial charge is 0.230 e. The largest absolute Gasteiger partial charge is 0.354 e. The van der Waals surface area contributed by atoms with E-state index in [1.807, 2.05) is 18.2 Å². The lowest BCUT2D eigenvalue weighted by atomic mass is 9.99. The van der Waals surface area contributed by atoms with E-state index in [0.717, 1.165) is 24.7 Å². The van der Waals surface area contributed by atoms with Gasteiger partial charge in [-0.3, -0.25) is 4.79 Å². The summed E-state index contributed by atoms with van der Waals surface area (Å²) in [5.41, 5.74) is 1.43. The molecule has 0 aliphatic carbocycles. The lowest BCUT2D eigenvalue weighted by Crippen LogP contribution is -2.34. The number of hydrogen-bond acceptors (Lipinski definition) is 4. The number of aromatic nitrogens is 1. The van der Waals surface area contributed by atoms with Crippen LogP contribution in [0.5, 0.6) is 0 Å². The first kappa shape index (κ1) is 17.0. The molecule has 5 heteroatoms. The molecule has 2 aromatic rings. The lowest BCUT2D eigenvalue weighted by molar-refractivity contribution is -0.118. The van der Waals surface area contributed by atoms with Gasteiger partial charge in [0.1, 0.15) is 0 Å². The third kappa shape index (κ3) is 5.08. The summed E-state index contributed by atoms with van der Waals surface area (Å²) in [6.07, 6.45) is 2.95. The molecule has 1 atom stereocenters. The fourth-order valence-corrected chi connectivity index (χ4v) is 3.70. The summed E-state index contributed by atoms with van der Waals surface area (Å²) in [4.78, 5) is 18.5. The second kappa shape index (κ2) is 8.85. The van der Waals surface area contributed by atoms with Gasteiger partial charge in [0.05, 0.1) is 10.8 Å². The molecule has 0 bridgehead atoms. The number of amides is 1. The SMILES string of the molecule is O=C(CSc1ccccn1)NCCN1CC[C@H](c2ccccc2)C1. The van der Waals surface area contributed by atoms with E-state index in [4.69, 9.17) is 0 Å². The van der Waals surface area contributed by atoms with Gasteiger partial charge in [0.15, 0.2) is 0 Å². The first-order valence-corrected chi connectivity index (χ1v) is 9.37. The minimum Gasteiger partial charge on any atom is -0.354 e. The summed E-state index contributed by atoms with van der Waals surface area (Å²) in [6.45, 7) is 3.83. The minimum atomic E-state index is 0.0736. The third-order valence-electron chi connectivity index (χ3n) is 4.28. The number of rotatable bonds is 7. The van der Waals surface area contributed by atoms with Crippen molar-refractivity contribution in [2.75, 3.05) is 31.9 Å². The number of likely N-dealkylation sites (tertiary alicyclic amines) is 1. The molecule has 0 saturated carbocycles. The van der Waals surface area contributed by atoms with Crippen LogP contribution >= 0.6 is 11.8 Å². The van der Waals surface area contributed by atoms with Crippen LogP contribution in [-0.4, -0.2) is 47.7 Å². The van der Waals surface area contributed by atoms with Crippen LogP contribution in [0.4, 0.5) is 0 Å². The van der Waals surface area contributed by atoms with Crippen molar-refractivity contribution in [3.63, 3.8) is 0 Å². The second-order valence-corrected chi connectivity index (χ2v) is 7.00. The molecule has 1 fully saturated rings. The summed E-state index contributed by atoms with van der Waals surface area (Å²) in [5.74, 6) is 1.12. The molecule has 0 radical (unpaired) electrons. The third-order valence-corrected chi connectivity index (χ3v) is 5.23. The zero-order chi connectivity index (χ0) is 16.6. The Hall–Kier alpha value is -1.85. The molecule has 1 aliphatic rings. The van der Waals surface area contributed by atoms with Crippen molar-refractivity contribution >= 4 is 17.7 Å². The van der Waals surface area contributed by atoms with Crippen molar-refractivity contribution in [1.82, 2.24) is 15.2 Å². The highest BCUT2D eigenvalue weighted by Gasteiger charge is 2.23. The van der Waals surface area contributed by atoms with Gasteiger partial charge in [0.2, 0.25) is 5.91 Å². The van der Waals surface area contributed by atoms with E-state index in [1.54, 1.807) is 6.20 Å². The highest BCUT2D eigenvalue weighted by Crippen LogP contribution is 2.26. The van der Waals surface area contributed by atoms with Crippen molar-refractivity contribution in [3.8, 4) is 0 Å². The summed E-state index contributed by atoms with van der Waals surface area (Å²) < 4.78 is 0. The molecule has 2 heterocycles. The molecular formula is C19H23N3OS. The number of nitrogens with one attached hydrogen (secondary N) is 1. The van der Waals surface area contributed by atoms with E-state index in [-0.39, 0.29) is 5.91 Å². The Morgan fingerprint density at radius 2 is 2.04 bits per heavy atom. The Morgan fingerprint density at radius 1 is 1.21 bits per heavy atom. The normalized spacial score (nSPS) is 17.8. The van der Waals surface area contributed by atoms with Crippen LogP contribution in [0.1, 0.15) is 17.9 Å². The first-order valence-electron chi connectivity index (χ1n) is 8.39. The molecule has 1 amide bonds. The Labute approximate surface area is 147 Å². The average Bonchev–Trinajstić information content (AvgIpc) is 3.11. The number of benzene rings is 1. The van der Waals surface area contributed by atoms with Gasteiger partial charge in [-0.2, -0.15) is 0 Å². The molecule has 1 aromatic carbocycles. The Morgan fingerprint density at radius 3 is 2.83 bits per heavy atom. The molecule has 1 aromatic heterocycles. The van der Waals surface area contributed by atoms with Crippen LogP contribution in [0, 0.1) is 0 Å². The summed E-state index contributed by atoms with van der Waals surface area (Å²) >= 11 is 1.47. The molecule has 0 spiro atoms. The zero-order valence-corrected chi connectivity index (χ0v) is 14.5. The van der Waals surface area contributed by atoms with Crippen LogP contribution in [0.3, 0.4) is 0 Å². The van der Waals surface area contributed by atoms with Crippen molar-refractivity contribution in [2.45, 2.75) is 17.4 Å². The number of hydrogen-bond donors (Lipinski definition) is 1.